The van der Waals surface area contributed by atoms with E-state index in [0.717, 1.165) is 0 Å². The number of anilines is 2. The van der Waals surface area contributed by atoms with Gasteiger partial charge in [-0.05, 0) is 30.5 Å². The number of hydrogen-bond acceptors (Lipinski definition) is 4. The van der Waals surface area contributed by atoms with Gasteiger partial charge in [0, 0.05) is 18.8 Å². The SMILES string of the molecule is CC(N(C)c1ccc(N)cc1S(N)(=O)=O)C(C)(C)C. The lowest BCUT2D eigenvalue weighted by Gasteiger charge is -2.37. The molecule has 0 bridgehead atoms. The molecule has 5 nitrogen and oxygen atoms in total. The second kappa shape index (κ2) is 5.02. The van der Waals surface area contributed by atoms with E-state index in [9.17, 15) is 8.42 Å². The predicted molar refractivity (Wildman–Crippen MR) is 79.5 cm³/mol. The normalized spacial score (nSPS) is 14.2. The monoisotopic (exact) mass is 285 g/mol. The highest BCUT2D eigenvalue weighted by molar-refractivity contribution is 7.89. The summed E-state index contributed by atoms with van der Waals surface area (Å²) >= 11 is 0. The fourth-order valence-corrected chi connectivity index (χ4v) is 2.64. The first-order valence-electron chi connectivity index (χ1n) is 6.09. The minimum absolute atomic E-state index is 0.00572. The summed E-state index contributed by atoms with van der Waals surface area (Å²) in [4.78, 5) is 1.98. The maximum absolute atomic E-state index is 11.7. The number of rotatable bonds is 3. The Hall–Kier alpha value is -1.27. The number of benzene rings is 1. The summed E-state index contributed by atoms with van der Waals surface area (Å²) in [6, 6.07) is 4.90. The third-order valence-corrected chi connectivity index (χ3v) is 4.44. The van der Waals surface area contributed by atoms with E-state index in [1.54, 1.807) is 12.1 Å². The Morgan fingerprint density at radius 2 is 1.79 bits per heavy atom. The Balaban J connectivity index is 3.36. The number of nitrogens with two attached hydrogens (primary N) is 2. The maximum atomic E-state index is 11.7. The lowest BCUT2D eigenvalue weighted by molar-refractivity contribution is 0.329. The van der Waals surface area contributed by atoms with Gasteiger partial charge in [0.1, 0.15) is 4.90 Å². The molecular formula is C13H23N3O2S. The van der Waals surface area contributed by atoms with Crippen molar-refractivity contribution in [1.82, 2.24) is 0 Å². The zero-order valence-electron chi connectivity index (χ0n) is 12.1. The van der Waals surface area contributed by atoms with Gasteiger partial charge in [0.05, 0.1) is 5.69 Å². The third-order valence-electron chi connectivity index (χ3n) is 3.50. The zero-order chi connectivity index (χ0) is 15.0. The minimum atomic E-state index is -3.80. The number of nitrogens with zero attached hydrogens (tertiary/aromatic N) is 1. The Morgan fingerprint density at radius 1 is 1.26 bits per heavy atom. The van der Waals surface area contributed by atoms with E-state index in [-0.39, 0.29) is 16.4 Å². The molecule has 0 spiro atoms. The van der Waals surface area contributed by atoms with Crippen molar-refractivity contribution in [2.45, 2.75) is 38.6 Å². The standard InChI is InChI=1S/C13H23N3O2S/c1-9(13(2,3)4)16(5)11-7-6-10(14)8-12(11)19(15,17)18/h6-9H,14H2,1-5H3,(H2,15,17,18). The Labute approximate surface area is 115 Å². The van der Waals surface area contributed by atoms with Gasteiger partial charge in [0.25, 0.3) is 0 Å². The fourth-order valence-electron chi connectivity index (χ4n) is 1.84. The lowest BCUT2D eigenvalue weighted by atomic mass is 9.87. The molecule has 1 unspecified atom stereocenters. The maximum Gasteiger partial charge on any atom is 0.240 e. The Kier molecular flexibility index (Phi) is 4.17. The quantitative estimate of drug-likeness (QED) is 0.828. The summed E-state index contributed by atoms with van der Waals surface area (Å²) in [5.41, 5.74) is 6.60. The van der Waals surface area contributed by atoms with Gasteiger partial charge in [0.15, 0.2) is 0 Å². The molecule has 0 aromatic heterocycles. The van der Waals surface area contributed by atoms with Gasteiger partial charge in [0.2, 0.25) is 10.0 Å². The molecule has 0 saturated heterocycles. The van der Waals surface area contributed by atoms with Gasteiger partial charge in [-0.25, -0.2) is 13.6 Å². The van der Waals surface area contributed by atoms with Gasteiger partial charge in [-0.15, -0.1) is 0 Å². The molecule has 108 valence electrons. The molecule has 0 aliphatic carbocycles. The van der Waals surface area contributed by atoms with Crippen molar-refractivity contribution >= 4 is 21.4 Å². The van der Waals surface area contributed by atoms with E-state index >= 15 is 0 Å². The first kappa shape index (κ1) is 15.8. The number of sulfonamides is 1. The molecular weight excluding hydrogens is 262 g/mol. The highest BCUT2D eigenvalue weighted by atomic mass is 32.2. The molecule has 0 radical (unpaired) electrons. The van der Waals surface area contributed by atoms with Crippen molar-refractivity contribution < 1.29 is 8.42 Å². The van der Waals surface area contributed by atoms with Gasteiger partial charge in [-0.2, -0.15) is 0 Å². The van der Waals surface area contributed by atoms with Gasteiger partial charge in [-0.3, -0.25) is 0 Å². The highest BCUT2D eigenvalue weighted by Gasteiger charge is 2.27. The van der Waals surface area contributed by atoms with E-state index in [1.165, 1.54) is 6.07 Å². The van der Waals surface area contributed by atoms with E-state index in [2.05, 4.69) is 20.8 Å². The Morgan fingerprint density at radius 3 is 2.21 bits per heavy atom. The fraction of sp³-hybridized carbons (Fsp3) is 0.538. The second-order valence-electron chi connectivity index (χ2n) is 5.93. The van der Waals surface area contributed by atoms with Crippen molar-refractivity contribution in [2.24, 2.45) is 10.6 Å². The first-order valence-corrected chi connectivity index (χ1v) is 7.64. The smallest absolute Gasteiger partial charge is 0.240 e. The molecule has 19 heavy (non-hydrogen) atoms. The summed E-state index contributed by atoms with van der Waals surface area (Å²) in [7, 11) is -1.94. The first-order chi connectivity index (χ1) is 8.44. The van der Waals surface area contributed by atoms with Crippen LogP contribution in [0.4, 0.5) is 11.4 Å². The van der Waals surface area contributed by atoms with Crippen molar-refractivity contribution in [3.8, 4) is 0 Å². The zero-order valence-corrected chi connectivity index (χ0v) is 13.0. The predicted octanol–water partition coefficient (Wildman–Crippen LogP) is 1.79. The Bertz CT molecular complexity index is 562. The van der Waals surface area contributed by atoms with Crippen LogP contribution in [0.25, 0.3) is 0 Å². The summed E-state index contributed by atoms with van der Waals surface area (Å²) in [6.45, 7) is 8.34. The number of nitrogen functional groups attached to an aromatic ring is 1. The molecule has 1 rings (SSSR count). The van der Waals surface area contributed by atoms with Crippen LogP contribution in [0.2, 0.25) is 0 Å². The van der Waals surface area contributed by atoms with Crippen LogP contribution in [0.5, 0.6) is 0 Å². The molecule has 0 aliphatic rings. The summed E-state index contributed by atoms with van der Waals surface area (Å²) in [5.74, 6) is 0. The molecule has 1 aromatic carbocycles. The summed E-state index contributed by atoms with van der Waals surface area (Å²) in [6.07, 6.45) is 0. The molecule has 0 saturated carbocycles. The second-order valence-corrected chi connectivity index (χ2v) is 7.45. The summed E-state index contributed by atoms with van der Waals surface area (Å²) in [5, 5.41) is 5.26. The van der Waals surface area contributed by atoms with Crippen LogP contribution >= 0.6 is 0 Å². The van der Waals surface area contributed by atoms with Crippen LogP contribution in [0, 0.1) is 5.41 Å². The average molecular weight is 285 g/mol. The van der Waals surface area contributed by atoms with Crippen molar-refractivity contribution in [3.63, 3.8) is 0 Å². The minimum Gasteiger partial charge on any atom is -0.399 e. The van der Waals surface area contributed by atoms with Crippen molar-refractivity contribution in [2.75, 3.05) is 17.7 Å². The van der Waals surface area contributed by atoms with E-state index < -0.39 is 10.0 Å². The van der Waals surface area contributed by atoms with E-state index in [1.807, 2.05) is 18.9 Å². The molecule has 6 heteroatoms. The topological polar surface area (TPSA) is 89.4 Å². The lowest BCUT2D eigenvalue weighted by Crippen LogP contribution is -2.40. The van der Waals surface area contributed by atoms with E-state index in [0.29, 0.717) is 11.4 Å². The average Bonchev–Trinajstić information content (AvgIpc) is 2.24. The van der Waals surface area contributed by atoms with Gasteiger partial charge >= 0.3 is 0 Å². The van der Waals surface area contributed by atoms with Crippen LogP contribution in [0.1, 0.15) is 27.7 Å². The van der Waals surface area contributed by atoms with Crippen LogP contribution < -0.4 is 15.8 Å². The third kappa shape index (κ3) is 3.61. The largest absolute Gasteiger partial charge is 0.399 e. The molecule has 0 heterocycles. The van der Waals surface area contributed by atoms with Crippen molar-refractivity contribution in [1.29, 1.82) is 0 Å². The van der Waals surface area contributed by atoms with Crippen molar-refractivity contribution in [3.05, 3.63) is 18.2 Å². The number of hydrogen-bond donors (Lipinski definition) is 2. The molecule has 1 aromatic rings. The molecule has 0 amide bonds. The van der Waals surface area contributed by atoms with Crippen LogP contribution in [0.15, 0.2) is 23.1 Å². The molecule has 0 aliphatic heterocycles. The van der Waals surface area contributed by atoms with Gasteiger partial charge in [-0.1, -0.05) is 20.8 Å². The molecule has 1 atom stereocenters. The summed E-state index contributed by atoms with van der Waals surface area (Å²) < 4.78 is 23.4. The van der Waals surface area contributed by atoms with Gasteiger partial charge < -0.3 is 10.6 Å². The van der Waals surface area contributed by atoms with Crippen LogP contribution in [-0.2, 0) is 10.0 Å². The van der Waals surface area contributed by atoms with Crippen LogP contribution in [0.3, 0.4) is 0 Å². The van der Waals surface area contributed by atoms with Crippen LogP contribution in [-0.4, -0.2) is 21.5 Å². The van der Waals surface area contributed by atoms with E-state index in [4.69, 9.17) is 10.9 Å². The molecule has 0 fully saturated rings. The molecule has 4 N–H and O–H groups in total. The number of primary sulfonamides is 1. The highest BCUT2D eigenvalue weighted by Crippen LogP contribution is 2.32.